The molecule has 188 valence electrons. The summed E-state index contributed by atoms with van der Waals surface area (Å²) < 4.78 is 2.46. The fourth-order valence-corrected chi connectivity index (χ4v) is 5.58. The summed E-state index contributed by atoms with van der Waals surface area (Å²) in [6.45, 7) is 6.99. The van der Waals surface area contributed by atoms with Crippen LogP contribution in [-0.2, 0) is 6.42 Å². The van der Waals surface area contributed by atoms with Crippen molar-refractivity contribution in [3.8, 4) is 0 Å². The summed E-state index contributed by atoms with van der Waals surface area (Å²) >= 11 is 0. The minimum absolute atomic E-state index is 0.265. The van der Waals surface area contributed by atoms with E-state index in [4.69, 9.17) is 4.98 Å². The predicted molar refractivity (Wildman–Crippen MR) is 146 cm³/mol. The van der Waals surface area contributed by atoms with Crippen molar-refractivity contribution < 1.29 is 0 Å². The zero-order valence-electron chi connectivity index (χ0n) is 22.4. The van der Waals surface area contributed by atoms with Gasteiger partial charge in [0.15, 0.2) is 0 Å². The van der Waals surface area contributed by atoms with Crippen LogP contribution in [0.2, 0.25) is 0 Å². The lowest BCUT2D eigenvalue weighted by Crippen LogP contribution is -2.24. The molecule has 2 atom stereocenters. The highest BCUT2D eigenvalue weighted by atomic mass is 15.1. The highest BCUT2D eigenvalue weighted by molar-refractivity contribution is 5.19. The number of hydrogen-bond donors (Lipinski definition) is 0. The van der Waals surface area contributed by atoms with Gasteiger partial charge in [-0.25, -0.2) is 4.98 Å². The molecular formula is C31H54N2. The van der Waals surface area contributed by atoms with Crippen molar-refractivity contribution in [2.24, 2.45) is 5.41 Å². The largest absolute Gasteiger partial charge is 0.332 e. The van der Waals surface area contributed by atoms with Crippen LogP contribution in [0.3, 0.4) is 0 Å². The Kier molecular flexibility index (Phi) is 14.5. The molecule has 0 N–H and O–H groups in total. The minimum atomic E-state index is 0.265. The summed E-state index contributed by atoms with van der Waals surface area (Å²) in [6.07, 6.45) is 39.4. The van der Waals surface area contributed by atoms with Gasteiger partial charge in [0, 0.05) is 24.9 Å². The summed E-state index contributed by atoms with van der Waals surface area (Å²) in [6, 6.07) is 0.557. The molecule has 0 aromatic carbocycles. The third-order valence-corrected chi connectivity index (χ3v) is 7.68. The lowest BCUT2D eigenvalue weighted by molar-refractivity contribution is 0.325. The maximum absolute atomic E-state index is 4.78. The number of aromatic nitrogens is 2. The topological polar surface area (TPSA) is 17.8 Å². The standard InChI is InChI=1S/C31H54N2/c1-4-6-7-8-9-10-11-12-13-14-15-16-17-19-22-29(3)33-27-26-32-30(33)28-31(23-5-2)24-20-18-21-25-31/h18,20-21,24,26-27,29H,4-17,19,22-23,25,28H2,1-3H3. The van der Waals surface area contributed by atoms with E-state index in [2.05, 4.69) is 55.8 Å². The molecule has 2 unspecified atom stereocenters. The monoisotopic (exact) mass is 454 g/mol. The van der Waals surface area contributed by atoms with E-state index in [9.17, 15) is 0 Å². The van der Waals surface area contributed by atoms with Gasteiger partial charge >= 0.3 is 0 Å². The van der Waals surface area contributed by atoms with Crippen LogP contribution >= 0.6 is 0 Å². The molecule has 2 heteroatoms. The third kappa shape index (κ3) is 11.1. The van der Waals surface area contributed by atoms with Crippen LogP contribution < -0.4 is 0 Å². The minimum Gasteiger partial charge on any atom is -0.332 e. The Morgan fingerprint density at radius 2 is 1.42 bits per heavy atom. The van der Waals surface area contributed by atoms with Crippen molar-refractivity contribution in [2.45, 2.75) is 149 Å². The molecular weight excluding hydrogens is 400 g/mol. The highest BCUT2D eigenvalue weighted by Gasteiger charge is 2.28. The normalized spacial score (nSPS) is 18.8. The molecule has 0 spiro atoms. The molecule has 0 radical (unpaired) electrons. The van der Waals surface area contributed by atoms with Gasteiger partial charge in [-0.3, -0.25) is 0 Å². The molecule has 1 aromatic heterocycles. The smallest absolute Gasteiger partial charge is 0.109 e. The zero-order chi connectivity index (χ0) is 23.6. The summed E-state index contributed by atoms with van der Waals surface area (Å²) in [4.78, 5) is 4.78. The van der Waals surface area contributed by atoms with Crippen molar-refractivity contribution >= 4 is 0 Å². The van der Waals surface area contributed by atoms with Crippen LogP contribution in [0, 0.1) is 5.41 Å². The first-order chi connectivity index (χ1) is 16.2. The van der Waals surface area contributed by atoms with Gasteiger partial charge < -0.3 is 4.57 Å². The highest BCUT2D eigenvalue weighted by Crippen LogP contribution is 2.37. The number of allylic oxidation sites excluding steroid dienone is 4. The van der Waals surface area contributed by atoms with E-state index in [1.54, 1.807) is 0 Å². The molecule has 0 saturated heterocycles. The zero-order valence-corrected chi connectivity index (χ0v) is 22.4. The van der Waals surface area contributed by atoms with Crippen molar-refractivity contribution in [3.63, 3.8) is 0 Å². The molecule has 1 aliphatic carbocycles. The summed E-state index contributed by atoms with van der Waals surface area (Å²) in [7, 11) is 0. The molecule has 0 saturated carbocycles. The second-order valence-electron chi connectivity index (χ2n) is 10.8. The van der Waals surface area contributed by atoms with E-state index in [-0.39, 0.29) is 5.41 Å². The summed E-state index contributed by atoms with van der Waals surface area (Å²) in [5.41, 5.74) is 0.265. The van der Waals surface area contributed by atoms with Crippen molar-refractivity contribution in [3.05, 3.63) is 42.5 Å². The molecule has 2 rings (SSSR count). The summed E-state index contributed by atoms with van der Waals surface area (Å²) in [5.74, 6) is 1.28. The molecule has 0 amide bonds. The number of imidazole rings is 1. The van der Waals surface area contributed by atoms with Gasteiger partial charge in [0.25, 0.3) is 0 Å². The lowest BCUT2D eigenvalue weighted by atomic mass is 9.75. The Bertz CT molecular complexity index is 656. The first-order valence-corrected chi connectivity index (χ1v) is 14.6. The van der Waals surface area contributed by atoms with Gasteiger partial charge in [0.1, 0.15) is 5.82 Å². The fourth-order valence-electron chi connectivity index (χ4n) is 5.58. The van der Waals surface area contributed by atoms with Crippen molar-refractivity contribution in [1.82, 2.24) is 9.55 Å². The molecule has 33 heavy (non-hydrogen) atoms. The number of rotatable bonds is 20. The molecule has 1 aromatic rings. The van der Waals surface area contributed by atoms with Gasteiger partial charge in [0.05, 0.1) is 0 Å². The van der Waals surface area contributed by atoms with Crippen LogP contribution in [0.5, 0.6) is 0 Å². The SMILES string of the molecule is CCCCCCCCCCCCCCCCC(C)n1ccnc1CC1(CCC)C=CC=CC1. The maximum Gasteiger partial charge on any atom is 0.109 e. The van der Waals surface area contributed by atoms with E-state index in [1.165, 1.54) is 115 Å². The van der Waals surface area contributed by atoms with E-state index >= 15 is 0 Å². The second kappa shape index (κ2) is 17.2. The molecule has 0 fully saturated rings. The van der Waals surface area contributed by atoms with Crippen molar-refractivity contribution in [1.29, 1.82) is 0 Å². The van der Waals surface area contributed by atoms with Crippen LogP contribution in [-0.4, -0.2) is 9.55 Å². The van der Waals surface area contributed by atoms with E-state index < -0.39 is 0 Å². The quantitative estimate of drug-likeness (QED) is 0.179. The average Bonchev–Trinajstić information content (AvgIpc) is 3.27. The summed E-state index contributed by atoms with van der Waals surface area (Å²) in [5, 5.41) is 0. The second-order valence-corrected chi connectivity index (χ2v) is 10.8. The van der Waals surface area contributed by atoms with Crippen LogP contribution in [0.25, 0.3) is 0 Å². The third-order valence-electron chi connectivity index (χ3n) is 7.68. The Hall–Kier alpha value is -1.31. The molecule has 1 aliphatic rings. The Morgan fingerprint density at radius 1 is 0.818 bits per heavy atom. The van der Waals surface area contributed by atoms with E-state index in [0.717, 1.165) is 12.8 Å². The van der Waals surface area contributed by atoms with Gasteiger partial charge in [-0.15, -0.1) is 0 Å². The molecule has 1 heterocycles. The van der Waals surface area contributed by atoms with Crippen LogP contribution in [0.15, 0.2) is 36.7 Å². The Morgan fingerprint density at radius 3 is 1.97 bits per heavy atom. The van der Waals surface area contributed by atoms with Gasteiger partial charge in [-0.05, 0) is 31.6 Å². The van der Waals surface area contributed by atoms with E-state index in [1.807, 2.05) is 6.20 Å². The lowest BCUT2D eigenvalue weighted by Gasteiger charge is -2.31. The number of nitrogens with zero attached hydrogens (tertiary/aromatic N) is 2. The fraction of sp³-hybridized carbons (Fsp3) is 0.774. The Labute approximate surface area is 206 Å². The number of hydrogen-bond acceptors (Lipinski definition) is 1. The maximum atomic E-state index is 4.78. The number of unbranched alkanes of at least 4 members (excludes halogenated alkanes) is 13. The van der Waals surface area contributed by atoms with Crippen molar-refractivity contribution in [2.75, 3.05) is 0 Å². The van der Waals surface area contributed by atoms with Gasteiger partial charge in [0.2, 0.25) is 0 Å². The molecule has 2 nitrogen and oxygen atoms in total. The average molecular weight is 455 g/mol. The molecule has 0 aliphatic heterocycles. The Balaban J connectivity index is 1.55. The first-order valence-electron chi connectivity index (χ1n) is 14.6. The van der Waals surface area contributed by atoms with Crippen LogP contribution in [0.4, 0.5) is 0 Å². The van der Waals surface area contributed by atoms with Gasteiger partial charge in [-0.1, -0.05) is 134 Å². The van der Waals surface area contributed by atoms with E-state index in [0.29, 0.717) is 6.04 Å². The first kappa shape index (κ1) is 27.9. The van der Waals surface area contributed by atoms with Gasteiger partial charge in [-0.2, -0.15) is 0 Å². The van der Waals surface area contributed by atoms with Crippen LogP contribution in [0.1, 0.15) is 148 Å². The molecule has 0 bridgehead atoms. The predicted octanol–water partition coefficient (Wildman–Crippen LogP) is 10.2.